The van der Waals surface area contributed by atoms with Gasteiger partial charge in [0.25, 0.3) is 10.0 Å². The molecule has 0 aliphatic heterocycles. The number of para-hydroxylation sites is 1. The molecule has 2 rings (SSSR count). The Morgan fingerprint density at radius 1 is 1.05 bits per heavy atom. The smallest absolute Gasteiger partial charge is 0.261 e. The number of alkyl halides is 1. The lowest BCUT2D eigenvalue weighted by molar-refractivity contribution is 0.601. The molecule has 2 aromatic carbocycles. The molecule has 0 aliphatic rings. The van der Waals surface area contributed by atoms with Gasteiger partial charge in [0.15, 0.2) is 0 Å². The number of nitrogens with one attached hydrogen (secondary N) is 1. The predicted molar refractivity (Wildman–Crippen MR) is 83.0 cm³/mol. The van der Waals surface area contributed by atoms with E-state index in [1.165, 1.54) is 24.3 Å². The van der Waals surface area contributed by atoms with Gasteiger partial charge in [0, 0.05) is 5.02 Å². The molecular formula is C14H13Cl2NO2S. The molecule has 0 aliphatic carbocycles. The van der Waals surface area contributed by atoms with Crippen LogP contribution in [0.15, 0.2) is 53.4 Å². The van der Waals surface area contributed by atoms with Crippen LogP contribution in [0, 0.1) is 0 Å². The first kappa shape index (κ1) is 15.2. The topological polar surface area (TPSA) is 46.2 Å². The molecule has 0 bridgehead atoms. The van der Waals surface area contributed by atoms with Gasteiger partial charge in [0.2, 0.25) is 0 Å². The number of halogens is 2. The van der Waals surface area contributed by atoms with Gasteiger partial charge in [0.1, 0.15) is 0 Å². The van der Waals surface area contributed by atoms with Crippen molar-refractivity contribution in [2.75, 3.05) is 4.72 Å². The molecule has 1 atom stereocenters. The minimum absolute atomic E-state index is 0.152. The average molecular weight is 330 g/mol. The molecule has 1 N–H and O–H groups in total. The Kier molecular flexibility index (Phi) is 4.58. The Morgan fingerprint density at radius 2 is 1.65 bits per heavy atom. The third-order valence-electron chi connectivity index (χ3n) is 2.76. The highest BCUT2D eigenvalue weighted by atomic mass is 35.5. The summed E-state index contributed by atoms with van der Waals surface area (Å²) in [5.74, 6) is 0. The Labute approximate surface area is 128 Å². The van der Waals surface area contributed by atoms with Gasteiger partial charge in [-0.3, -0.25) is 4.72 Å². The average Bonchev–Trinajstić information content (AvgIpc) is 2.39. The van der Waals surface area contributed by atoms with Crippen molar-refractivity contribution in [3.8, 4) is 0 Å². The van der Waals surface area contributed by atoms with Gasteiger partial charge in [-0.05, 0) is 42.8 Å². The minimum atomic E-state index is -3.65. The van der Waals surface area contributed by atoms with Gasteiger partial charge in [-0.1, -0.05) is 29.8 Å². The maximum absolute atomic E-state index is 12.3. The van der Waals surface area contributed by atoms with Crippen molar-refractivity contribution < 1.29 is 8.42 Å². The molecule has 0 saturated heterocycles. The minimum Gasteiger partial charge on any atom is -0.279 e. The third kappa shape index (κ3) is 3.45. The van der Waals surface area contributed by atoms with Crippen molar-refractivity contribution in [2.45, 2.75) is 17.2 Å². The normalized spacial score (nSPS) is 12.9. The molecular weight excluding hydrogens is 317 g/mol. The fourth-order valence-corrected chi connectivity index (χ4v) is 3.16. The van der Waals surface area contributed by atoms with Crippen LogP contribution in [-0.4, -0.2) is 8.42 Å². The molecule has 6 heteroatoms. The largest absolute Gasteiger partial charge is 0.279 e. The first-order chi connectivity index (χ1) is 9.40. The van der Waals surface area contributed by atoms with Crippen LogP contribution in [0.3, 0.4) is 0 Å². The van der Waals surface area contributed by atoms with Crippen molar-refractivity contribution in [1.29, 1.82) is 0 Å². The summed E-state index contributed by atoms with van der Waals surface area (Å²) in [5, 5.41) is 0.192. The second kappa shape index (κ2) is 6.04. The molecule has 0 aromatic heterocycles. The molecule has 106 valence electrons. The number of sulfonamides is 1. The standard InChI is InChI=1S/C14H13Cl2NO2S/c1-10(15)13-4-2-3-5-14(13)17-20(18,19)12-8-6-11(16)7-9-12/h2-10,17H,1H3. The van der Waals surface area contributed by atoms with Crippen molar-refractivity contribution in [2.24, 2.45) is 0 Å². The fourth-order valence-electron chi connectivity index (χ4n) is 1.75. The third-order valence-corrected chi connectivity index (χ3v) is 4.63. The Morgan fingerprint density at radius 3 is 2.25 bits per heavy atom. The maximum Gasteiger partial charge on any atom is 0.261 e. The van der Waals surface area contributed by atoms with Gasteiger partial charge >= 0.3 is 0 Å². The SMILES string of the molecule is CC(Cl)c1ccccc1NS(=O)(=O)c1ccc(Cl)cc1. The van der Waals surface area contributed by atoms with Crippen LogP contribution in [-0.2, 0) is 10.0 Å². The van der Waals surface area contributed by atoms with Gasteiger partial charge in [-0.2, -0.15) is 0 Å². The number of anilines is 1. The van der Waals surface area contributed by atoms with E-state index in [4.69, 9.17) is 23.2 Å². The highest BCUT2D eigenvalue weighted by molar-refractivity contribution is 7.92. The van der Waals surface area contributed by atoms with E-state index in [1.54, 1.807) is 25.1 Å². The summed E-state index contributed by atoms with van der Waals surface area (Å²) in [4.78, 5) is 0.152. The lowest BCUT2D eigenvalue weighted by Crippen LogP contribution is -2.14. The van der Waals surface area contributed by atoms with Crippen molar-refractivity contribution in [3.63, 3.8) is 0 Å². The van der Waals surface area contributed by atoms with E-state index >= 15 is 0 Å². The Bertz CT molecular complexity index is 697. The summed E-state index contributed by atoms with van der Waals surface area (Å²) in [6.07, 6.45) is 0. The molecule has 20 heavy (non-hydrogen) atoms. The number of benzene rings is 2. The molecule has 0 fully saturated rings. The van der Waals surface area contributed by atoms with Crippen LogP contribution in [0.5, 0.6) is 0 Å². The summed E-state index contributed by atoms with van der Waals surface area (Å²) in [7, 11) is -3.65. The lowest BCUT2D eigenvalue weighted by Gasteiger charge is -2.13. The van der Waals surface area contributed by atoms with Gasteiger partial charge < -0.3 is 0 Å². The number of rotatable bonds is 4. The molecule has 0 saturated carbocycles. The molecule has 2 aromatic rings. The summed E-state index contributed by atoms with van der Waals surface area (Å²) in [6.45, 7) is 1.79. The summed E-state index contributed by atoms with van der Waals surface area (Å²) in [5.41, 5.74) is 1.21. The summed E-state index contributed by atoms with van der Waals surface area (Å²) < 4.78 is 27.1. The van der Waals surface area contributed by atoms with Crippen molar-refractivity contribution >= 4 is 38.9 Å². The summed E-state index contributed by atoms with van der Waals surface area (Å²) in [6, 6.07) is 13.0. The quantitative estimate of drug-likeness (QED) is 0.843. The lowest BCUT2D eigenvalue weighted by atomic mass is 10.1. The van der Waals surface area contributed by atoms with E-state index in [1.807, 2.05) is 6.07 Å². The highest BCUT2D eigenvalue weighted by Crippen LogP contribution is 2.29. The van der Waals surface area contributed by atoms with Crippen LogP contribution in [0.2, 0.25) is 5.02 Å². The van der Waals surface area contributed by atoms with E-state index in [9.17, 15) is 8.42 Å². The predicted octanol–water partition coefficient (Wildman–Crippen LogP) is 4.44. The van der Waals surface area contributed by atoms with Crippen LogP contribution in [0.4, 0.5) is 5.69 Å². The van der Waals surface area contributed by atoms with Crippen LogP contribution >= 0.6 is 23.2 Å². The van der Waals surface area contributed by atoms with E-state index in [-0.39, 0.29) is 10.3 Å². The first-order valence-electron chi connectivity index (χ1n) is 5.91. The van der Waals surface area contributed by atoms with Crippen LogP contribution < -0.4 is 4.72 Å². The van der Waals surface area contributed by atoms with E-state index in [0.717, 1.165) is 5.56 Å². The van der Waals surface area contributed by atoms with E-state index in [0.29, 0.717) is 10.7 Å². The van der Waals surface area contributed by atoms with Crippen molar-refractivity contribution in [1.82, 2.24) is 0 Å². The molecule has 0 spiro atoms. The van der Waals surface area contributed by atoms with Crippen LogP contribution in [0.1, 0.15) is 17.9 Å². The molecule has 0 heterocycles. The zero-order valence-corrected chi connectivity index (χ0v) is 13.0. The number of hydrogen-bond acceptors (Lipinski definition) is 2. The second-order valence-corrected chi connectivity index (χ2v) is 7.04. The monoisotopic (exact) mass is 329 g/mol. The molecule has 1 unspecified atom stereocenters. The van der Waals surface area contributed by atoms with Crippen LogP contribution in [0.25, 0.3) is 0 Å². The Hall–Kier alpha value is -1.23. The molecule has 0 amide bonds. The second-order valence-electron chi connectivity index (χ2n) is 4.26. The number of hydrogen-bond donors (Lipinski definition) is 1. The maximum atomic E-state index is 12.3. The molecule has 0 radical (unpaired) electrons. The zero-order valence-electron chi connectivity index (χ0n) is 10.7. The van der Waals surface area contributed by atoms with Crippen molar-refractivity contribution in [3.05, 3.63) is 59.1 Å². The van der Waals surface area contributed by atoms with Gasteiger partial charge in [-0.15, -0.1) is 11.6 Å². The Balaban J connectivity index is 2.36. The zero-order chi connectivity index (χ0) is 14.8. The van der Waals surface area contributed by atoms with Gasteiger partial charge in [0.05, 0.1) is 16.0 Å². The first-order valence-corrected chi connectivity index (χ1v) is 8.21. The van der Waals surface area contributed by atoms with E-state index < -0.39 is 10.0 Å². The van der Waals surface area contributed by atoms with Gasteiger partial charge in [-0.25, -0.2) is 8.42 Å². The summed E-state index contributed by atoms with van der Waals surface area (Å²) >= 11 is 11.8. The molecule has 3 nitrogen and oxygen atoms in total. The fraction of sp³-hybridized carbons (Fsp3) is 0.143. The van der Waals surface area contributed by atoms with E-state index in [2.05, 4.69) is 4.72 Å². The highest BCUT2D eigenvalue weighted by Gasteiger charge is 2.17.